The Bertz CT molecular complexity index is 762. The zero-order chi connectivity index (χ0) is 18.9. The van der Waals surface area contributed by atoms with E-state index in [1.165, 1.54) is 22.0 Å². The number of nitrogens with zero attached hydrogens (tertiary/aromatic N) is 3. The molecule has 2 fully saturated rings. The van der Waals surface area contributed by atoms with E-state index in [1.54, 1.807) is 7.05 Å². The number of ether oxygens (including phenoxy) is 1. The van der Waals surface area contributed by atoms with Gasteiger partial charge in [0.2, 0.25) is 0 Å². The van der Waals surface area contributed by atoms with Crippen LogP contribution in [0.2, 0.25) is 0 Å². The number of rotatable bonds is 7. The lowest BCUT2D eigenvalue weighted by atomic mass is 9.79. The molecule has 1 aromatic heterocycles. The molecule has 2 aliphatic rings. The van der Waals surface area contributed by atoms with Crippen LogP contribution in [0, 0.1) is 5.41 Å². The minimum Gasteiger partial charge on any atom is -0.381 e. The van der Waals surface area contributed by atoms with Crippen molar-refractivity contribution in [3.63, 3.8) is 0 Å². The largest absolute Gasteiger partial charge is 0.381 e. The second kappa shape index (κ2) is 7.38. The third-order valence-electron chi connectivity index (χ3n) is 5.56. The van der Waals surface area contributed by atoms with Crippen molar-refractivity contribution >= 4 is 15.8 Å². The molecule has 0 atom stereocenters. The summed E-state index contributed by atoms with van der Waals surface area (Å²) in [7, 11) is -2.08. The van der Waals surface area contributed by atoms with E-state index in [4.69, 9.17) is 4.74 Å². The summed E-state index contributed by atoms with van der Waals surface area (Å²) in [5, 5.41) is 7.68. The molecule has 0 unspecified atom stereocenters. The van der Waals surface area contributed by atoms with Crippen molar-refractivity contribution in [2.24, 2.45) is 12.5 Å². The lowest BCUT2D eigenvalue weighted by Gasteiger charge is -2.49. The summed E-state index contributed by atoms with van der Waals surface area (Å²) in [6.45, 7) is 6.85. The number of carbonyl (C=O) groups is 1. The molecule has 0 aromatic carbocycles. The molecule has 1 N–H and O–H groups in total. The number of aryl methyl sites for hydroxylation is 1. The van der Waals surface area contributed by atoms with Crippen molar-refractivity contribution < 1.29 is 17.9 Å². The normalized spacial score (nSPS) is 21.5. The molecular formula is C17H28N4O4S. The predicted octanol–water partition coefficient (Wildman–Crippen LogP) is 0.792. The molecule has 0 amide bonds. The predicted molar refractivity (Wildman–Crippen MR) is 96.5 cm³/mol. The maximum absolute atomic E-state index is 12.9. The zero-order valence-electron chi connectivity index (χ0n) is 15.7. The SMILES string of the molecule is CCC1(CNC2CCOCC2)CN(S(=O)(=O)c2cc(C(C)=O)nn2C)C1. The van der Waals surface area contributed by atoms with E-state index in [9.17, 15) is 13.2 Å². The van der Waals surface area contributed by atoms with Crippen molar-refractivity contribution in [1.29, 1.82) is 0 Å². The number of Topliss-reactive ketones (excluding diaryl/α,β-unsaturated/α-hetero) is 1. The van der Waals surface area contributed by atoms with Crippen LogP contribution in [-0.2, 0) is 21.8 Å². The van der Waals surface area contributed by atoms with Crippen LogP contribution in [0.15, 0.2) is 11.1 Å². The number of hydrogen-bond donors (Lipinski definition) is 1. The number of ketones is 1. The van der Waals surface area contributed by atoms with E-state index < -0.39 is 10.0 Å². The van der Waals surface area contributed by atoms with Crippen molar-refractivity contribution in [2.45, 2.75) is 44.2 Å². The fourth-order valence-electron chi connectivity index (χ4n) is 3.59. The van der Waals surface area contributed by atoms with Crippen molar-refractivity contribution in [3.8, 4) is 0 Å². The van der Waals surface area contributed by atoms with Gasteiger partial charge < -0.3 is 10.1 Å². The Morgan fingerprint density at radius 3 is 2.58 bits per heavy atom. The minimum atomic E-state index is -3.64. The molecule has 0 bridgehead atoms. The molecule has 3 heterocycles. The lowest BCUT2D eigenvalue weighted by molar-refractivity contribution is 0.0438. The van der Waals surface area contributed by atoms with Gasteiger partial charge >= 0.3 is 0 Å². The summed E-state index contributed by atoms with van der Waals surface area (Å²) in [5.74, 6) is -0.241. The summed E-state index contributed by atoms with van der Waals surface area (Å²) in [6.07, 6.45) is 2.93. The number of aromatic nitrogens is 2. The van der Waals surface area contributed by atoms with Crippen LogP contribution >= 0.6 is 0 Å². The van der Waals surface area contributed by atoms with Gasteiger partial charge in [0.05, 0.1) is 0 Å². The van der Waals surface area contributed by atoms with Gasteiger partial charge in [-0.15, -0.1) is 0 Å². The van der Waals surface area contributed by atoms with Gasteiger partial charge in [-0.05, 0) is 19.3 Å². The highest BCUT2D eigenvalue weighted by Crippen LogP contribution is 2.37. The number of carbonyl (C=O) groups excluding carboxylic acids is 1. The van der Waals surface area contributed by atoms with E-state index >= 15 is 0 Å². The molecule has 0 saturated carbocycles. The quantitative estimate of drug-likeness (QED) is 0.699. The highest BCUT2D eigenvalue weighted by molar-refractivity contribution is 7.89. The smallest absolute Gasteiger partial charge is 0.260 e. The Labute approximate surface area is 154 Å². The van der Waals surface area contributed by atoms with Crippen molar-refractivity contribution in [2.75, 3.05) is 32.8 Å². The lowest BCUT2D eigenvalue weighted by Crippen LogP contribution is -2.62. The van der Waals surface area contributed by atoms with Gasteiger partial charge in [-0.2, -0.15) is 9.40 Å². The van der Waals surface area contributed by atoms with Crippen LogP contribution in [0.25, 0.3) is 0 Å². The average molecular weight is 385 g/mol. The van der Waals surface area contributed by atoms with Crippen LogP contribution in [0.4, 0.5) is 0 Å². The summed E-state index contributed by atoms with van der Waals surface area (Å²) >= 11 is 0. The third-order valence-corrected chi connectivity index (χ3v) is 7.41. The van der Waals surface area contributed by atoms with Crippen LogP contribution in [0.5, 0.6) is 0 Å². The molecule has 146 valence electrons. The summed E-state index contributed by atoms with van der Waals surface area (Å²) in [4.78, 5) is 11.5. The second-order valence-corrected chi connectivity index (χ2v) is 9.33. The highest BCUT2D eigenvalue weighted by Gasteiger charge is 2.48. The monoisotopic (exact) mass is 384 g/mol. The van der Waals surface area contributed by atoms with E-state index in [0.29, 0.717) is 19.1 Å². The molecule has 2 aliphatic heterocycles. The van der Waals surface area contributed by atoms with Crippen LogP contribution < -0.4 is 5.32 Å². The molecule has 3 rings (SSSR count). The summed E-state index contributed by atoms with van der Waals surface area (Å²) < 4.78 is 33.9. The molecule has 1 aromatic rings. The Kier molecular flexibility index (Phi) is 5.53. The highest BCUT2D eigenvalue weighted by atomic mass is 32.2. The molecule has 9 heteroatoms. The van der Waals surface area contributed by atoms with Gasteiger partial charge in [0.15, 0.2) is 10.8 Å². The van der Waals surface area contributed by atoms with E-state index in [2.05, 4.69) is 17.3 Å². The zero-order valence-corrected chi connectivity index (χ0v) is 16.5. The van der Waals surface area contributed by atoms with Crippen LogP contribution in [-0.4, -0.2) is 67.2 Å². The molecule has 0 aliphatic carbocycles. The first-order valence-electron chi connectivity index (χ1n) is 9.14. The first-order valence-corrected chi connectivity index (χ1v) is 10.6. The maximum Gasteiger partial charge on any atom is 0.260 e. The van der Waals surface area contributed by atoms with Gasteiger partial charge in [0.1, 0.15) is 5.69 Å². The third kappa shape index (κ3) is 3.71. The first kappa shape index (κ1) is 19.5. The molecule has 2 saturated heterocycles. The molecule has 0 spiro atoms. The topological polar surface area (TPSA) is 93.5 Å². The molecule has 8 nitrogen and oxygen atoms in total. The van der Waals surface area contributed by atoms with Gasteiger partial charge in [-0.3, -0.25) is 9.48 Å². The van der Waals surface area contributed by atoms with Crippen molar-refractivity contribution in [3.05, 3.63) is 11.8 Å². The molecule has 0 radical (unpaired) electrons. The van der Waals surface area contributed by atoms with E-state index in [0.717, 1.165) is 39.0 Å². The van der Waals surface area contributed by atoms with Gasteiger partial charge in [0.25, 0.3) is 10.0 Å². The van der Waals surface area contributed by atoms with Gasteiger partial charge in [-0.1, -0.05) is 6.92 Å². The maximum atomic E-state index is 12.9. The Morgan fingerprint density at radius 2 is 2.04 bits per heavy atom. The number of hydrogen-bond acceptors (Lipinski definition) is 6. The van der Waals surface area contributed by atoms with E-state index in [-0.39, 0.29) is 21.9 Å². The fraction of sp³-hybridized carbons (Fsp3) is 0.765. The Morgan fingerprint density at radius 1 is 1.38 bits per heavy atom. The number of sulfonamides is 1. The van der Waals surface area contributed by atoms with Crippen LogP contribution in [0.1, 0.15) is 43.6 Å². The fourth-order valence-corrected chi connectivity index (χ4v) is 5.38. The van der Waals surface area contributed by atoms with E-state index in [1.807, 2.05) is 0 Å². The standard InChI is InChI=1S/C17H28N4O4S/c1-4-17(10-18-14-5-7-25-8-6-14)11-21(12-17)26(23,24)16-9-15(13(2)22)19-20(16)3/h9,14,18H,4-8,10-12H2,1-3H3. The minimum absolute atomic E-state index is 0.0344. The summed E-state index contributed by atoms with van der Waals surface area (Å²) in [6, 6.07) is 1.82. The summed E-state index contributed by atoms with van der Waals surface area (Å²) in [5.41, 5.74) is 0.141. The Hall–Kier alpha value is -1.29. The van der Waals surface area contributed by atoms with Gasteiger partial charge in [0, 0.05) is 64.3 Å². The van der Waals surface area contributed by atoms with Crippen molar-refractivity contribution in [1.82, 2.24) is 19.4 Å². The number of nitrogens with one attached hydrogen (secondary N) is 1. The first-order chi connectivity index (χ1) is 12.3. The Balaban J connectivity index is 1.65. The molecular weight excluding hydrogens is 356 g/mol. The average Bonchev–Trinajstić information content (AvgIpc) is 2.98. The second-order valence-electron chi connectivity index (χ2n) is 7.44. The van der Waals surface area contributed by atoms with Crippen LogP contribution in [0.3, 0.4) is 0 Å². The van der Waals surface area contributed by atoms with Gasteiger partial charge in [-0.25, -0.2) is 8.42 Å². The molecule has 26 heavy (non-hydrogen) atoms.